The molecule has 0 spiro atoms. The number of ether oxygens (including phenoxy) is 1. The summed E-state index contributed by atoms with van der Waals surface area (Å²) in [6.45, 7) is 0.375. The number of aryl methyl sites for hydroxylation is 1. The van der Waals surface area contributed by atoms with Crippen LogP contribution in [-0.2, 0) is 16.4 Å². The van der Waals surface area contributed by atoms with Crippen molar-refractivity contribution in [1.29, 1.82) is 0 Å². The molecular formula is C13H20N2O3S. The van der Waals surface area contributed by atoms with Crippen molar-refractivity contribution < 1.29 is 13.2 Å². The first-order valence-corrected chi connectivity index (χ1v) is 8.12. The van der Waals surface area contributed by atoms with E-state index in [1.165, 1.54) is 11.1 Å². The number of nitrogens with two attached hydrogens (primary N) is 1. The van der Waals surface area contributed by atoms with Gasteiger partial charge >= 0.3 is 0 Å². The standard InChI is InChI=1S/C13H20N2O3S/c1-18-11-6-5-10-3-2-4-13(12(10)9-11)15-7-8-19(14,16)17/h5-6,9,13,15H,2-4,7-8H2,1H3,(H2,14,16,17). The molecule has 1 aromatic carbocycles. The van der Waals surface area contributed by atoms with Gasteiger partial charge in [0.05, 0.1) is 12.9 Å². The van der Waals surface area contributed by atoms with Crippen LogP contribution in [0, 0.1) is 0 Å². The van der Waals surface area contributed by atoms with Gasteiger partial charge in [-0.15, -0.1) is 0 Å². The van der Waals surface area contributed by atoms with E-state index >= 15 is 0 Å². The minimum Gasteiger partial charge on any atom is -0.497 e. The fourth-order valence-corrected chi connectivity index (χ4v) is 2.89. The summed E-state index contributed by atoms with van der Waals surface area (Å²) in [5.74, 6) is 0.793. The Hall–Kier alpha value is -1.11. The minimum atomic E-state index is -3.40. The molecule has 0 amide bonds. The van der Waals surface area contributed by atoms with Crippen LogP contribution < -0.4 is 15.2 Å². The molecule has 0 saturated heterocycles. The van der Waals surface area contributed by atoms with Crippen LogP contribution >= 0.6 is 0 Å². The molecule has 0 aliphatic heterocycles. The Morgan fingerprint density at radius 3 is 2.95 bits per heavy atom. The molecule has 1 aromatic rings. The Morgan fingerprint density at radius 1 is 1.47 bits per heavy atom. The number of fused-ring (bicyclic) bond motifs is 1. The van der Waals surface area contributed by atoms with E-state index in [-0.39, 0.29) is 11.8 Å². The number of benzene rings is 1. The second-order valence-electron chi connectivity index (χ2n) is 4.83. The van der Waals surface area contributed by atoms with Crippen molar-refractivity contribution >= 4 is 10.0 Å². The lowest BCUT2D eigenvalue weighted by molar-refractivity contribution is 0.409. The Morgan fingerprint density at radius 2 is 2.26 bits per heavy atom. The lowest BCUT2D eigenvalue weighted by Crippen LogP contribution is -2.31. The second-order valence-corrected chi connectivity index (χ2v) is 6.56. The lowest BCUT2D eigenvalue weighted by Gasteiger charge is -2.27. The van der Waals surface area contributed by atoms with E-state index in [0.717, 1.165) is 25.0 Å². The van der Waals surface area contributed by atoms with Gasteiger partial charge in [-0.3, -0.25) is 0 Å². The molecule has 0 heterocycles. The van der Waals surface area contributed by atoms with Gasteiger partial charge in [0.15, 0.2) is 0 Å². The van der Waals surface area contributed by atoms with Gasteiger partial charge in [-0.2, -0.15) is 0 Å². The molecule has 0 aromatic heterocycles. The fraction of sp³-hybridized carbons (Fsp3) is 0.538. The highest BCUT2D eigenvalue weighted by atomic mass is 32.2. The monoisotopic (exact) mass is 284 g/mol. The number of methoxy groups -OCH3 is 1. The van der Waals surface area contributed by atoms with E-state index in [9.17, 15) is 8.42 Å². The Bertz CT molecular complexity index is 543. The number of nitrogens with one attached hydrogen (secondary N) is 1. The third kappa shape index (κ3) is 3.92. The van der Waals surface area contributed by atoms with Gasteiger partial charge in [-0.05, 0) is 42.5 Å². The summed E-state index contributed by atoms with van der Waals surface area (Å²) in [5, 5.41) is 8.27. The SMILES string of the molecule is COc1ccc2c(c1)C(NCCS(N)(=O)=O)CCC2. The van der Waals surface area contributed by atoms with Gasteiger partial charge in [-0.1, -0.05) is 6.07 Å². The molecule has 1 aliphatic carbocycles. The van der Waals surface area contributed by atoms with Crippen molar-refractivity contribution in [2.45, 2.75) is 25.3 Å². The van der Waals surface area contributed by atoms with Crippen LogP contribution in [0.5, 0.6) is 5.75 Å². The summed E-state index contributed by atoms with van der Waals surface area (Å²) >= 11 is 0. The van der Waals surface area contributed by atoms with Crippen LogP contribution in [0.1, 0.15) is 30.0 Å². The molecule has 0 bridgehead atoms. The van der Waals surface area contributed by atoms with Crippen LogP contribution in [0.2, 0.25) is 0 Å². The van der Waals surface area contributed by atoms with E-state index in [0.29, 0.717) is 6.54 Å². The second kappa shape index (κ2) is 5.90. The first-order valence-electron chi connectivity index (χ1n) is 6.40. The summed E-state index contributed by atoms with van der Waals surface area (Å²) in [6, 6.07) is 6.26. The summed E-state index contributed by atoms with van der Waals surface area (Å²) in [7, 11) is -1.76. The summed E-state index contributed by atoms with van der Waals surface area (Å²) in [4.78, 5) is 0. The van der Waals surface area contributed by atoms with Gasteiger partial charge < -0.3 is 10.1 Å². The predicted molar refractivity (Wildman–Crippen MR) is 74.6 cm³/mol. The van der Waals surface area contributed by atoms with E-state index in [2.05, 4.69) is 11.4 Å². The number of hydrogen-bond acceptors (Lipinski definition) is 4. The van der Waals surface area contributed by atoms with Gasteiger partial charge in [0.25, 0.3) is 0 Å². The molecule has 6 heteroatoms. The topological polar surface area (TPSA) is 81.4 Å². The molecule has 0 radical (unpaired) electrons. The number of primary sulfonamides is 1. The predicted octanol–water partition coefficient (Wildman–Crippen LogP) is 0.951. The van der Waals surface area contributed by atoms with E-state index in [4.69, 9.17) is 9.88 Å². The molecule has 2 rings (SSSR count). The first kappa shape index (κ1) is 14.3. The maximum Gasteiger partial charge on any atom is 0.210 e. The summed E-state index contributed by atoms with van der Waals surface area (Å²) in [6.07, 6.45) is 3.17. The molecule has 106 valence electrons. The molecule has 0 saturated carbocycles. The normalized spacial score (nSPS) is 18.9. The maximum absolute atomic E-state index is 10.9. The minimum absolute atomic E-state index is 0.0389. The lowest BCUT2D eigenvalue weighted by atomic mass is 9.87. The van der Waals surface area contributed by atoms with Crippen molar-refractivity contribution in [1.82, 2.24) is 5.32 Å². The van der Waals surface area contributed by atoms with Crippen molar-refractivity contribution in [3.63, 3.8) is 0 Å². The van der Waals surface area contributed by atoms with Crippen LogP contribution in [0.15, 0.2) is 18.2 Å². The van der Waals surface area contributed by atoms with Crippen molar-refractivity contribution in [3.05, 3.63) is 29.3 Å². The molecule has 1 aliphatic rings. The Balaban J connectivity index is 2.08. The molecule has 1 atom stereocenters. The van der Waals surface area contributed by atoms with Crippen LogP contribution in [0.3, 0.4) is 0 Å². The van der Waals surface area contributed by atoms with Crippen LogP contribution in [0.4, 0.5) is 0 Å². The average Bonchev–Trinajstić information content (AvgIpc) is 2.37. The highest BCUT2D eigenvalue weighted by Crippen LogP contribution is 2.32. The molecule has 3 N–H and O–H groups in total. The molecule has 0 fully saturated rings. The van der Waals surface area contributed by atoms with Gasteiger partial charge in [0.1, 0.15) is 5.75 Å². The van der Waals surface area contributed by atoms with Gasteiger partial charge in [0.2, 0.25) is 10.0 Å². The summed E-state index contributed by atoms with van der Waals surface area (Å²) in [5.41, 5.74) is 2.51. The van der Waals surface area contributed by atoms with Gasteiger partial charge in [0, 0.05) is 12.6 Å². The first-order chi connectivity index (χ1) is 8.99. The number of hydrogen-bond donors (Lipinski definition) is 2. The average molecular weight is 284 g/mol. The van der Waals surface area contributed by atoms with Crippen LogP contribution in [0.25, 0.3) is 0 Å². The highest BCUT2D eigenvalue weighted by Gasteiger charge is 2.20. The molecule has 19 heavy (non-hydrogen) atoms. The van der Waals surface area contributed by atoms with Crippen molar-refractivity contribution in [3.8, 4) is 5.75 Å². The largest absolute Gasteiger partial charge is 0.497 e. The number of rotatable bonds is 5. The molecule has 1 unspecified atom stereocenters. The highest BCUT2D eigenvalue weighted by molar-refractivity contribution is 7.89. The Labute approximate surface area is 114 Å². The zero-order chi connectivity index (χ0) is 13.9. The van der Waals surface area contributed by atoms with E-state index < -0.39 is 10.0 Å². The molecular weight excluding hydrogens is 264 g/mol. The quantitative estimate of drug-likeness (QED) is 0.843. The molecule has 5 nitrogen and oxygen atoms in total. The van der Waals surface area contributed by atoms with Crippen LogP contribution in [-0.4, -0.2) is 27.8 Å². The smallest absolute Gasteiger partial charge is 0.210 e. The van der Waals surface area contributed by atoms with Gasteiger partial charge in [-0.25, -0.2) is 13.6 Å². The zero-order valence-electron chi connectivity index (χ0n) is 11.1. The van der Waals surface area contributed by atoms with Crippen molar-refractivity contribution in [2.75, 3.05) is 19.4 Å². The number of sulfonamides is 1. The van der Waals surface area contributed by atoms with Crippen molar-refractivity contribution in [2.24, 2.45) is 5.14 Å². The van der Waals surface area contributed by atoms with E-state index in [1.54, 1.807) is 7.11 Å². The fourth-order valence-electron chi connectivity index (χ4n) is 2.49. The Kier molecular flexibility index (Phi) is 4.44. The third-order valence-electron chi connectivity index (χ3n) is 3.44. The van der Waals surface area contributed by atoms with E-state index in [1.807, 2.05) is 12.1 Å². The maximum atomic E-state index is 10.9. The zero-order valence-corrected chi connectivity index (χ0v) is 11.9. The third-order valence-corrected chi connectivity index (χ3v) is 4.22. The summed E-state index contributed by atoms with van der Waals surface area (Å²) < 4.78 is 27.1.